The first-order valence-electron chi connectivity index (χ1n) is 19.5. The molecule has 11 nitrogen and oxygen atoms in total. The lowest BCUT2D eigenvalue weighted by Crippen LogP contribution is -2.55. The molecule has 0 bridgehead atoms. The Bertz CT molecular complexity index is 2150. The second kappa shape index (κ2) is 15.2. The monoisotopic (exact) mass is 755 g/mol. The number of benzene rings is 4. The molecule has 4 aliphatic rings. The van der Waals surface area contributed by atoms with Gasteiger partial charge in [-0.3, -0.25) is 19.3 Å². The van der Waals surface area contributed by atoms with Crippen molar-refractivity contribution in [3.8, 4) is 5.75 Å². The topological polar surface area (TPSA) is 126 Å². The predicted octanol–water partition coefficient (Wildman–Crippen LogP) is 4.89. The number of aliphatic hydroxyl groups is 2. The SMILES string of the molecule is COc1ccc2c(c1)[C@](O)([C@@H](C)/C=C/CC(=O)N1Cc3ccccc3C[C@H]1CO)C(=O)N2Cc1cccc(N2CN(c3ccccc3)C3(CCNCC3)C2=O)c1. The van der Waals surface area contributed by atoms with Gasteiger partial charge >= 0.3 is 0 Å². The molecular weight excluding hydrogens is 707 g/mol. The lowest BCUT2D eigenvalue weighted by Gasteiger charge is -2.39. The third-order valence-corrected chi connectivity index (χ3v) is 12.2. The Balaban J connectivity index is 1.03. The molecule has 56 heavy (non-hydrogen) atoms. The zero-order chi connectivity index (χ0) is 39.0. The van der Waals surface area contributed by atoms with E-state index in [0.717, 1.165) is 41.2 Å². The van der Waals surface area contributed by atoms with Gasteiger partial charge in [0.25, 0.3) is 11.8 Å². The van der Waals surface area contributed by atoms with E-state index in [-0.39, 0.29) is 37.4 Å². The third-order valence-electron chi connectivity index (χ3n) is 12.2. The largest absolute Gasteiger partial charge is 0.497 e. The summed E-state index contributed by atoms with van der Waals surface area (Å²) in [5, 5.41) is 25.9. The lowest BCUT2D eigenvalue weighted by atomic mass is 9.82. The van der Waals surface area contributed by atoms with E-state index < -0.39 is 23.0 Å². The quantitative estimate of drug-likeness (QED) is 0.196. The minimum atomic E-state index is -1.93. The van der Waals surface area contributed by atoms with Crippen molar-refractivity contribution in [3.63, 3.8) is 0 Å². The average molecular weight is 756 g/mol. The minimum Gasteiger partial charge on any atom is -0.497 e. The first kappa shape index (κ1) is 37.4. The molecule has 0 radical (unpaired) electrons. The van der Waals surface area contributed by atoms with Crippen molar-refractivity contribution < 1.29 is 29.3 Å². The maximum Gasteiger partial charge on any atom is 0.264 e. The molecule has 3 N–H and O–H groups in total. The van der Waals surface area contributed by atoms with Crippen molar-refractivity contribution in [1.29, 1.82) is 0 Å². The van der Waals surface area contributed by atoms with Gasteiger partial charge in [0, 0.05) is 35.8 Å². The standard InChI is InChI=1S/C45H49N5O6/c1-31(10-8-17-41(52)47-28-34-13-7-6-12-33(34)25-37(47)29-51)45(55)39-26-38(56-2)18-19-40(39)48(43(45)54)27-32-11-9-16-36(24-32)49-30-50(35-14-4-3-5-15-35)44(42(49)53)20-22-46-23-21-44/h3-16,18-19,24,26,31,37,46,51,55H,17,20-23,25,27-30H2,1-2H3/b10-8+/t31-,37-,45+/m0/s1. The van der Waals surface area contributed by atoms with Crippen molar-refractivity contribution in [2.45, 2.75) is 62.9 Å². The zero-order valence-corrected chi connectivity index (χ0v) is 31.9. The van der Waals surface area contributed by atoms with Crippen molar-refractivity contribution in [3.05, 3.63) is 131 Å². The van der Waals surface area contributed by atoms with Gasteiger partial charge in [0.15, 0.2) is 5.60 Å². The van der Waals surface area contributed by atoms with Crippen LogP contribution in [0.25, 0.3) is 0 Å². The number of carbonyl (C=O) groups is 3. The molecule has 290 valence electrons. The fraction of sp³-hybridized carbons (Fsp3) is 0.356. The van der Waals surface area contributed by atoms with Gasteiger partial charge in [-0.25, -0.2) is 0 Å². The Hall–Kier alpha value is -5.49. The number of piperidine rings is 1. The summed E-state index contributed by atoms with van der Waals surface area (Å²) in [6, 6.07) is 30.7. The van der Waals surface area contributed by atoms with Gasteiger partial charge in [0.1, 0.15) is 11.3 Å². The van der Waals surface area contributed by atoms with Crippen LogP contribution in [0.4, 0.5) is 17.1 Å². The highest BCUT2D eigenvalue weighted by molar-refractivity contribution is 6.08. The van der Waals surface area contributed by atoms with Crippen molar-refractivity contribution in [2.75, 3.05) is 48.2 Å². The van der Waals surface area contributed by atoms with Gasteiger partial charge in [-0.2, -0.15) is 0 Å². The second-order valence-corrected chi connectivity index (χ2v) is 15.4. The number of ether oxygens (including phenoxy) is 1. The second-order valence-electron chi connectivity index (χ2n) is 15.4. The molecule has 0 saturated carbocycles. The van der Waals surface area contributed by atoms with Crippen LogP contribution in [-0.4, -0.2) is 77.9 Å². The summed E-state index contributed by atoms with van der Waals surface area (Å²) in [5.41, 5.74) is 3.19. The molecule has 0 unspecified atom stereocenters. The number of para-hydroxylation sites is 1. The molecule has 4 aromatic rings. The van der Waals surface area contributed by atoms with E-state index in [2.05, 4.69) is 22.3 Å². The maximum absolute atomic E-state index is 14.5. The fourth-order valence-electron chi connectivity index (χ4n) is 9.05. The molecule has 1 spiro atoms. The molecule has 4 heterocycles. The van der Waals surface area contributed by atoms with Gasteiger partial charge in [0.05, 0.1) is 38.7 Å². The molecule has 3 amide bonds. The number of methoxy groups -OCH3 is 1. The molecular formula is C45H49N5O6. The molecule has 2 saturated heterocycles. The van der Waals surface area contributed by atoms with E-state index >= 15 is 0 Å². The van der Waals surface area contributed by atoms with Crippen LogP contribution in [0.2, 0.25) is 0 Å². The average Bonchev–Trinajstić information content (AvgIpc) is 3.63. The van der Waals surface area contributed by atoms with Crippen LogP contribution in [0.15, 0.2) is 109 Å². The highest BCUT2D eigenvalue weighted by atomic mass is 16.5. The summed E-state index contributed by atoms with van der Waals surface area (Å²) in [6.07, 6.45) is 5.49. The summed E-state index contributed by atoms with van der Waals surface area (Å²) in [5.74, 6) is -0.741. The van der Waals surface area contributed by atoms with E-state index in [9.17, 15) is 24.6 Å². The first-order chi connectivity index (χ1) is 27.2. The van der Waals surface area contributed by atoms with Gasteiger partial charge < -0.3 is 35.0 Å². The third kappa shape index (κ3) is 6.43. The summed E-state index contributed by atoms with van der Waals surface area (Å²) in [4.78, 5) is 49.7. The van der Waals surface area contributed by atoms with Crippen LogP contribution in [-0.2, 0) is 39.5 Å². The number of hydrogen-bond donors (Lipinski definition) is 3. The number of amides is 3. The lowest BCUT2D eigenvalue weighted by molar-refractivity contribution is -0.139. The van der Waals surface area contributed by atoms with Crippen molar-refractivity contribution >= 4 is 34.8 Å². The summed E-state index contributed by atoms with van der Waals surface area (Å²) in [7, 11) is 1.54. The maximum atomic E-state index is 14.5. The molecule has 8 rings (SSSR count). The van der Waals surface area contributed by atoms with Crippen LogP contribution in [0.3, 0.4) is 0 Å². The summed E-state index contributed by atoms with van der Waals surface area (Å²) in [6.45, 7) is 4.16. The van der Waals surface area contributed by atoms with Gasteiger partial charge in [0.2, 0.25) is 5.91 Å². The van der Waals surface area contributed by atoms with E-state index in [1.807, 2.05) is 71.6 Å². The minimum absolute atomic E-state index is 0.0590. The fourth-order valence-corrected chi connectivity index (χ4v) is 9.05. The van der Waals surface area contributed by atoms with Crippen LogP contribution in [0.1, 0.15) is 48.4 Å². The number of nitrogens with one attached hydrogen (secondary N) is 1. The molecule has 2 fully saturated rings. The van der Waals surface area contributed by atoms with Gasteiger partial charge in [-0.1, -0.05) is 73.7 Å². The highest BCUT2D eigenvalue weighted by Gasteiger charge is 2.54. The summed E-state index contributed by atoms with van der Waals surface area (Å²) < 4.78 is 5.52. The highest BCUT2D eigenvalue weighted by Crippen LogP contribution is 2.47. The Morgan fingerprint density at radius 1 is 0.929 bits per heavy atom. The number of hydrogen-bond acceptors (Lipinski definition) is 8. The van der Waals surface area contributed by atoms with Crippen LogP contribution >= 0.6 is 0 Å². The van der Waals surface area contributed by atoms with Gasteiger partial charge in [-0.15, -0.1) is 0 Å². The van der Waals surface area contributed by atoms with E-state index in [4.69, 9.17) is 4.74 Å². The number of carbonyl (C=O) groups excluding carboxylic acids is 3. The predicted molar refractivity (Wildman–Crippen MR) is 215 cm³/mol. The number of anilines is 3. The molecule has 4 aliphatic heterocycles. The smallest absolute Gasteiger partial charge is 0.264 e. The molecule has 11 heteroatoms. The van der Waals surface area contributed by atoms with Crippen LogP contribution in [0.5, 0.6) is 5.75 Å². The molecule has 0 aromatic heterocycles. The molecule has 4 aromatic carbocycles. The van der Waals surface area contributed by atoms with Gasteiger partial charge in [-0.05, 0) is 91.5 Å². The van der Waals surface area contributed by atoms with E-state index in [1.165, 1.54) is 0 Å². The number of nitrogens with zero attached hydrogens (tertiary/aromatic N) is 4. The van der Waals surface area contributed by atoms with Crippen molar-refractivity contribution in [2.24, 2.45) is 5.92 Å². The normalized spacial score (nSPS) is 22.2. The number of aliphatic hydroxyl groups excluding tert-OH is 1. The first-order valence-corrected chi connectivity index (χ1v) is 19.5. The van der Waals surface area contributed by atoms with Crippen LogP contribution in [0, 0.1) is 5.92 Å². The Morgan fingerprint density at radius 3 is 2.41 bits per heavy atom. The van der Waals surface area contributed by atoms with E-state index in [0.29, 0.717) is 49.5 Å². The molecule has 3 atom stereocenters. The molecule has 0 aliphatic carbocycles. The zero-order valence-electron chi connectivity index (χ0n) is 31.9. The Kier molecular flexibility index (Phi) is 10.2. The number of fused-ring (bicyclic) bond motifs is 2. The Labute approximate surface area is 327 Å². The Morgan fingerprint density at radius 2 is 1.66 bits per heavy atom. The van der Waals surface area contributed by atoms with E-state index in [1.54, 1.807) is 54.2 Å². The van der Waals surface area contributed by atoms with Crippen LogP contribution < -0.4 is 24.8 Å². The summed E-state index contributed by atoms with van der Waals surface area (Å²) >= 11 is 0. The van der Waals surface area contributed by atoms with Crippen molar-refractivity contribution in [1.82, 2.24) is 10.2 Å². The number of rotatable bonds is 10.